The molecule has 0 aliphatic carbocycles. The van der Waals surface area contributed by atoms with E-state index in [9.17, 15) is 9.59 Å². The van der Waals surface area contributed by atoms with Crippen LogP contribution in [0.15, 0.2) is 346 Å². The van der Waals surface area contributed by atoms with Crippen molar-refractivity contribution >= 4 is 190 Å². The number of aromatic carboxylic acids is 1. The monoisotopic (exact) mass is 2210 g/mol. The molecule has 0 aromatic heterocycles. The molecule has 0 saturated carbocycles. The van der Waals surface area contributed by atoms with Gasteiger partial charge in [0.05, 0.1) is 12.2 Å². The molecule has 0 bridgehead atoms. The quantitative estimate of drug-likeness (QED) is 0.0250. The zero-order valence-corrected chi connectivity index (χ0v) is 88.5. The van der Waals surface area contributed by atoms with Crippen LogP contribution in [0.1, 0.15) is 155 Å². The van der Waals surface area contributed by atoms with Crippen LogP contribution in [0.3, 0.4) is 0 Å². The normalized spacial score (nSPS) is 11.7. The second kappa shape index (κ2) is 62.6. The van der Waals surface area contributed by atoms with Crippen molar-refractivity contribution in [3.63, 3.8) is 0 Å². The summed E-state index contributed by atoms with van der Waals surface area (Å²) < 4.78 is 13.5. The van der Waals surface area contributed by atoms with Gasteiger partial charge in [-0.3, -0.25) is 4.79 Å². The van der Waals surface area contributed by atoms with E-state index in [2.05, 4.69) is 448 Å². The van der Waals surface area contributed by atoms with Gasteiger partial charge in [0.15, 0.2) is 0 Å². The van der Waals surface area contributed by atoms with E-state index in [1.165, 1.54) is 143 Å². The summed E-state index contributed by atoms with van der Waals surface area (Å²) in [4.78, 5) is 20.8. The summed E-state index contributed by atoms with van der Waals surface area (Å²) in [5.41, 5.74) is 20.8. The van der Waals surface area contributed by atoms with Crippen LogP contribution < -0.4 is 50.7 Å². The van der Waals surface area contributed by atoms with Gasteiger partial charge in [0.1, 0.15) is 6.29 Å². The molecule has 2 saturated heterocycles. The first kappa shape index (κ1) is 114. The van der Waals surface area contributed by atoms with Crippen LogP contribution in [-0.4, -0.2) is 57.3 Å². The number of halogens is 5. The van der Waals surface area contributed by atoms with Crippen LogP contribution in [-0.2, 0) is 22.2 Å². The summed E-state index contributed by atoms with van der Waals surface area (Å²) in [6.07, 6.45) is 17.9. The van der Waals surface area contributed by atoms with Gasteiger partial charge < -0.3 is 26.6 Å². The molecule has 6 nitrogen and oxygen atoms in total. The Labute approximate surface area is 846 Å². The standard InChI is InChI=1S/C27H26BrP.C18H15P.2C16H15I.C9H10O2.C9H12O.C7H5IO.2C4H8O.C4H9.B.BrH.Li/c1-22-13-12-14-23(2)27(22)21-29(28,24-15-6-3-7-16-24,25-17-8-4-9-18-25)26-19-10-5-11-20-26;1-4-10-16(11-5-1)19(17-12-6-2-7-13-17)18-14-8-3-9-15-18;2*1-12-5-3-6-13(2)16(12)10-9-14-7-4-8-15(17)11-14;1-6-4-3-5-7(2)8(6)9(10)11;1-7-4-3-5-8(2)9(7)6-10;8-7-3-1-2-6(4-7)5-9;2*1-2-4-5-3-1;1-3-4-2;;;/h3-20H,21H2,1-2H3;1-15H;2*3-11H,1-2H3;3-5H,1-2H3,(H,10,11);3-5,10H,6H2,1-2H3;1-5H;2*1-4H2;1,3-4H2,2H3;;1H;/q;;;;;;;;;-1;;;+1/b;;10-9+;10-9-;;;;;;;;;. The van der Waals surface area contributed by atoms with Gasteiger partial charge in [0.2, 0.25) is 0 Å². The average molecular weight is 2210 g/mol. The van der Waals surface area contributed by atoms with E-state index in [1.807, 2.05) is 56.3 Å². The predicted molar refractivity (Wildman–Crippen MR) is 593 cm³/mol. The predicted octanol–water partition coefficient (Wildman–Crippen LogP) is 26.6. The van der Waals surface area contributed by atoms with Gasteiger partial charge in [-0.2, -0.15) is 6.42 Å². The largest absolute Gasteiger partial charge is 1.00 e. The Morgan fingerprint density at radius 3 is 0.876 bits per heavy atom. The Balaban J connectivity index is 0.000000314. The molecule has 15 heteroatoms. The van der Waals surface area contributed by atoms with Crippen molar-refractivity contribution < 1.29 is 48.1 Å². The third kappa shape index (κ3) is 37.7. The number of benzene rings is 14. The number of aliphatic hydroxyl groups is 1. The first-order chi connectivity index (χ1) is 60.9. The van der Waals surface area contributed by atoms with E-state index in [1.54, 1.807) is 32.0 Å². The van der Waals surface area contributed by atoms with Crippen molar-refractivity contribution in [2.24, 2.45) is 0 Å². The fourth-order valence-electron chi connectivity index (χ4n) is 14.1. The molecular formula is C114H124BBr2I3LiO6P2. The molecule has 14 aromatic rings. The van der Waals surface area contributed by atoms with Crippen molar-refractivity contribution in [2.45, 2.75) is 127 Å². The molecule has 0 atom stereocenters. The van der Waals surface area contributed by atoms with Crippen molar-refractivity contribution in [2.75, 3.05) is 26.4 Å². The second-order valence-corrected chi connectivity index (χ2v) is 45.6. The number of hydrogen-bond donors (Lipinski definition) is 2. The van der Waals surface area contributed by atoms with Gasteiger partial charge >= 0.3 is 207 Å². The summed E-state index contributed by atoms with van der Waals surface area (Å²) >= 11 is 11.4. The number of unbranched alkanes of at least 4 members (excludes halogenated alkanes) is 1. The Morgan fingerprint density at radius 1 is 0.388 bits per heavy atom. The van der Waals surface area contributed by atoms with E-state index in [0.29, 0.717) is 5.56 Å². The van der Waals surface area contributed by atoms with Crippen LogP contribution in [0.2, 0.25) is 0 Å². The van der Waals surface area contributed by atoms with Gasteiger partial charge in [0.25, 0.3) is 0 Å². The van der Waals surface area contributed by atoms with E-state index in [0.717, 1.165) is 71.1 Å². The van der Waals surface area contributed by atoms with Gasteiger partial charge in [-0.15, -0.1) is 17.0 Å². The molecule has 14 aromatic carbocycles. The van der Waals surface area contributed by atoms with Gasteiger partial charge in [-0.25, -0.2) is 4.79 Å². The number of rotatable bonds is 16. The van der Waals surface area contributed by atoms with Crippen LogP contribution in [0.4, 0.5) is 0 Å². The number of aliphatic hydroxyl groups excluding tert-OH is 1. The Bertz CT molecular complexity index is 5210. The summed E-state index contributed by atoms with van der Waals surface area (Å²) in [5.74, 6) is -0.847. The van der Waals surface area contributed by atoms with Gasteiger partial charge in [-0.05, 0) is 281 Å². The number of aldehydes is 1. The number of hydrogen-bond acceptors (Lipinski definition) is 5. The van der Waals surface area contributed by atoms with E-state index < -0.39 is 19.2 Å². The number of aryl methyl sites for hydroxylation is 10. The number of carboxylic acids is 1. The minimum absolute atomic E-state index is 0. The smallest absolute Gasteiger partial charge is 0.343 e. The first-order valence-corrected chi connectivity index (χ1v) is 52.0. The molecule has 129 heavy (non-hydrogen) atoms. The molecule has 2 fully saturated rings. The van der Waals surface area contributed by atoms with E-state index in [4.69, 9.17) is 19.7 Å². The zero-order chi connectivity index (χ0) is 90.9. The number of ether oxygens (including phenoxy) is 2. The molecule has 0 spiro atoms. The van der Waals surface area contributed by atoms with Gasteiger partial charge in [-0.1, -0.05) is 238 Å². The molecule has 3 radical (unpaired) electrons. The van der Waals surface area contributed by atoms with Crippen molar-refractivity contribution in [1.82, 2.24) is 0 Å². The summed E-state index contributed by atoms with van der Waals surface area (Å²) in [5, 5.41) is 23.0. The molecular weight excluding hydrogens is 2090 g/mol. The molecule has 2 N–H and O–H groups in total. The fourth-order valence-corrected chi connectivity index (χ4v) is 25.9. The van der Waals surface area contributed by atoms with Crippen LogP contribution >= 0.6 is 113 Å². The summed E-state index contributed by atoms with van der Waals surface area (Å²) in [7, 11) is -0.446. The van der Waals surface area contributed by atoms with E-state index in [-0.39, 0.29) is 50.9 Å². The van der Waals surface area contributed by atoms with Crippen molar-refractivity contribution in [1.29, 1.82) is 0 Å². The Hall–Kier alpha value is -7.75. The van der Waals surface area contributed by atoms with Crippen molar-refractivity contribution in [3.8, 4) is 0 Å². The third-order valence-electron chi connectivity index (χ3n) is 21.2. The van der Waals surface area contributed by atoms with Crippen LogP contribution in [0, 0.1) is 86.9 Å². The minimum Gasteiger partial charge on any atom is -0.343 e. The number of carbonyl (C=O) groups excluding carboxylic acids is 1. The van der Waals surface area contributed by atoms with Gasteiger partial charge in [0, 0.05) is 51.1 Å². The Morgan fingerprint density at radius 2 is 0.643 bits per heavy atom. The van der Waals surface area contributed by atoms with Crippen LogP contribution in [0.25, 0.3) is 24.3 Å². The second-order valence-electron chi connectivity index (χ2n) is 30.7. The molecule has 2 aliphatic heterocycles. The number of carboxylic acid groups (broad SMARTS) is 1. The third-order valence-corrected chi connectivity index (χ3v) is 35.1. The molecule has 16 rings (SSSR count). The molecule has 665 valence electrons. The van der Waals surface area contributed by atoms with E-state index >= 15 is 0 Å². The molecule has 2 aliphatic rings. The van der Waals surface area contributed by atoms with Crippen molar-refractivity contribution in [3.05, 3.63) is 464 Å². The SMILES string of the molecule is Br.C1CCOC1.C1CCOC1.Cc1cccc(C)c1/C=C/c1cccc(I)c1.Cc1cccc(C)c1/C=C\c1cccc(I)c1.Cc1cccc(C)c1C(=O)O.Cc1cccc(C)c1CO.Cc1cccc(C)c1CP(Br)(c1ccccc1)(c1ccccc1)c1ccccc1.O=Cc1cccc(I)c1.[B].[CH2-]CCC.[Li+].c1ccc(P(c2ccccc2)c2ccccc2)cc1. The molecule has 2 heterocycles. The topological polar surface area (TPSA) is 93.1 Å². The summed E-state index contributed by atoms with van der Waals surface area (Å²) in [6, 6.07) is 121. The maximum absolute atomic E-state index is 10.6. The average Bonchev–Trinajstić information content (AvgIpc) is 1.29. The minimum atomic E-state index is -2.93. The van der Waals surface area contributed by atoms with Crippen LogP contribution in [0.5, 0.6) is 0 Å². The zero-order valence-electron chi connectivity index (χ0n) is 76.9. The summed E-state index contributed by atoms with van der Waals surface area (Å²) in [6.45, 7) is 30.6. The Kier molecular flexibility index (Phi) is 55.1. The molecule has 0 unspecified atom stereocenters. The maximum atomic E-state index is 10.6. The maximum Gasteiger partial charge on any atom is 1.00 e. The molecule has 0 amide bonds. The first-order valence-electron chi connectivity index (χ1n) is 43.0. The fraction of sp³-hybridized carbons (Fsp3) is 0.202. The number of carbonyl (C=O) groups is 2.